The molecular weight excluding hydrogens is 290 g/mol. The zero-order valence-electron chi connectivity index (χ0n) is 11.7. The van der Waals surface area contributed by atoms with Gasteiger partial charge in [-0.25, -0.2) is 13.6 Å². The number of rotatable bonds is 3. The second-order valence-electron chi connectivity index (χ2n) is 4.80. The lowest BCUT2D eigenvalue weighted by atomic mass is 10.1. The zero-order valence-corrected chi connectivity index (χ0v) is 11.7. The maximum absolute atomic E-state index is 13.9. The zero-order chi connectivity index (χ0) is 15.7. The van der Waals surface area contributed by atoms with E-state index in [0.29, 0.717) is 17.4 Å². The molecule has 0 unspecified atom stereocenters. The Balaban J connectivity index is 2.01. The number of benzene rings is 2. The van der Waals surface area contributed by atoms with Gasteiger partial charge in [0.05, 0.1) is 0 Å². The van der Waals surface area contributed by atoms with Gasteiger partial charge in [0.2, 0.25) is 0 Å². The van der Waals surface area contributed by atoms with Gasteiger partial charge in [0, 0.05) is 17.5 Å². The van der Waals surface area contributed by atoms with Gasteiger partial charge in [-0.1, -0.05) is 6.92 Å². The first-order chi connectivity index (χ1) is 10.6. The predicted molar refractivity (Wildman–Crippen MR) is 78.3 cm³/mol. The van der Waals surface area contributed by atoms with Gasteiger partial charge in [-0.2, -0.15) is 0 Å². The van der Waals surface area contributed by atoms with E-state index in [4.69, 9.17) is 9.15 Å². The second kappa shape index (κ2) is 5.60. The Hall–Kier alpha value is -2.69. The Labute approximate surface area is 124 Å². The molecule has 0 spiro atoms. The summed E-state index contributed by atoms with van der Waals surface area (Å²) in [6.45, 7) is 1.81. The van der Waals surface area contributed by atoms with Gasteiger partial charge < -0.3 is 9.15 Å². The summed E-state index contributed by atoms with van der Waals surface area (Å²) in [5, 5.41) is 0.689. The van der Waals surface area contributed by atoms with Crippen LogP contribution in [0.5, 0.6) is 11.5 Å². The standard InChI is InChI=1S/C17H12F2O3/c1-2-10-7-13(18)17(14(19)8-10)21-12-5-3-11-4-6-16(20)22-15(11)9-12/h3-9H,2H2,1H3. The topological polar surface area (TPSA) is 39.4 Å². The molecule has 3 rings (SSSR count). The lowest BCUT2D eigenvalue weighted by Gasteiger charge is -2.09. The first-order valence-electron chi connectivity index (χ1n) is 6.76. The monoisotopic (exact) mass is 302 g/mol. The smallest absolute Gasteiger partial charge is 0.336 e. The van der Waals surface area contributed by atoms with E-state index in [-0.39, 0.29) is 11.3 Å². The van der Waals surface area contributed by atoms with Crippen LogP contribution in [0, 0.1) is 11.6 Å². The molecule has 0 aliphatic heterocycles. The van der Waals surface area contributed by atoms with E-state index >= 15 is 0 Å². The van der Waals surface area contributed by atoms with Crippen molar-refractivity contribution >= 4 is 11.0 Å². The molecule has 0 aliphatic carbocycles. The molecule has 0 fully saturated rings. The largest absolute Gasteiger partial charge is 0.451 e. The van der Waals surface area contributed by atoms with Gasteiger partial charge in [0.15, 0.2) is 17.4 Å². The Morgan fingerprint density at radius 3 is 2.41 bits per heavy atom. The molecule has 1 heterocycles. The molecule has 0 amide bonds. The summed E-state index contributed by atoms with van der Waals surface area (Å²) in [7, 11) is 0. The third kappa shape index (κ3) is 2.70. The van der Waals surface area contributed by atoms with Crippen LogP contribution >= 0.6 is 0 Å². The van der Waals surface area contributed by atoms with Crippen LogP contribution in [0.25, 0.3) is 11.0 Å². The molecule has 0 bridgehead atoms. The molecule has 1 aromatic heterocycles. The van der Waals surface area contributed by atoms with Crippen molar-refractivity contribution < 1.29 is 17.9 Å². The third-order valence-corrected chi connectivity index (χ3v) is 3.28. The minimum Gasteiger partial charge on any atom is -0.451 e. The van der Waals surface area contributed by atoms with Crippen molar-refractivity contribution in [3.05, 3.63) is 70.1 Å². The SMILES string of the molecule is CCc1cc(F)c(Oc2ccc3ccc(=O)oc3c2)c(F)c1. The van der Waals surface area contributed by atoms with E-state index in [1.54, 1.807) is 25.1 Å². The van der Waals surface area contributed by atoms with Crippen molar-refractivity contribution in [1.29, 1.82) is 0 Å². The van der Waals surface area contributed by atoms with Gasteiger partial charge in [-0.05, 0) is 42.3 Å². The average Bonchev–Trinajstić information content (AvgIpc) is 2.50. The second-order valence-corrected chi connectivity index (χ2v) is 4.80. The van der Waals surface area contributed by atoms with Crippen LogP contribution in [0.3, 0.4) is 0 Å². The molecule has 0 saturated heterocycles. The molecule has 5 heteroatoms. The van der Waals surface area contributed by atoms with Gasteiger partial charge in [0.25, 0.3) is 0 Å². The summed E-state index contributed by atoms with van der Waals surface area (Å²) in [5.74, 6) is -1.84. The Kier molecular flexibility index (Phi) is 3.63. The van der Waals surface area contributed by atoms with Crippen molar-refractivity contribution in [3.63, 3.8) is 0 Å². The highest BCUT2D eigenvalue weighted by Gasteiger charge is 2.13. The summed E-state index contributed by atoms with van der Waals surface area (Å²) in [5.41, 5.74) is 0.331. The van der Waals surface area contributed by atoms with E-state index < -0.39 is 23.0 Å². The predicted octanol–water partition coefficient (Wildman–Crippen LogP) is 4.43. The molecule has 3 nitrogen and oxygen atoms in total. The molecule has 22 heavy (non-hydrogen) atoms. The van der Waals surface area contributed by atoms with E-state index in [1.165, 1.54) is 24.3 Å². The quantitative estimate of drug-likeness (QED) is 0.672. The highest BCUT2D eigenvalue weighted by molar-refractivity contribution is 5.77. The molecule has 3 aromatic rings. The number of aryl methyl sites for hydroxylation is 1. The minimum absolute atomic E-state index is 0.184. The van der Waals surface area contributed by atoms with Gasteiger partial charge >= 0.3 is 5.63 Å². The number of ether oxygens (including phenoxy) is 1. The van der Waals surface area contributed by atoms with Crippen molar-refractivity contribution in [2.45, 2.75) is 13.3 Å². The van der Waals surface area contributed by atoms with E-state index in [1.807, 2.05) is 0 Å². The number of hydrogen-bond acceptors (Lipinski definition) is 3. The summed E-state index contributed by atoms with van der Waals surface area (Å²) in [4.78, 5) is 11.2. The van der Waals surface area contributed by atoms with Crippen LogP contribution in [-0.4, -0.2) is 0 Å². The Bertz CT molecular complexity index is 877. The average molecular weight is 302 g/mol. The van der Waals surface area contributed by atoms with E-state index in [2.05, 4.69) is 0 Å². The van der Waals surface area contributed by atoms with Gasteiger partial charge in [0.1, 0.15) is 11.3 Å². The Morgan fingerprint density at radius 2 is 1.73 bits per heavy atom. The molecule has 0 N–H and O–H groups in total. The highest BCUT2D eigenvalue weighted by atomic mass is 19.1. The summed E-state index contributed by atoms with van der Waals surface area (Å²) in [6, 6.07) is 9.98. The van der Waals surface area contributed by atoms with Gasteiger partial charge in [-0.15, -0.1) is 0 Å². The van der Waals surface area contributed by atoms with Crippen molar-refractivity contribution in [2.24, 2.45) is 0 Å². The maximum atomic E-state index is 13.9. The minimum atomic E-state index is -0.772. The van der Waals surface area contributed by atoms with Crippen molar-refractivity contribution in [2.75, 3.05) is 0 Å². The number of halogens is 2. The lowest BCUT2D eigenvalue weighted by Crippen LogP contribution is -1.97. The summed E-state index contributed by atoms with van der Waals surface area (Å²) >= 11 is 0. The summed E-state index contributed by atoms with van der Waals surface area (Å²) in [6.07, 6.45) is 0.523. The van der Waals surface area contributed by atoms with Gasteiger partial charge in [-0.3, -0.25) is 0 Å². The number of hydrogen-bond donors (Lipinski definition) is 0. The molecule has 112 valence electrons. The first-order valence-corrected chi connectivity index (χ1v) is 6.76. The van der Waals surface area contributed by atoms with Crippen LogP contribution in [0.4, 0.5) is 8.78 Å². The van der Waals surface area contributed by atoms with Crippen LogP contribution in [0.1, 0.15) is 12.5 Å². The fourth-order valence-electron chi connectivity index (χ4n) is 2.14. The van der Waals surface area contributed by atoms with Crippen LogP contribution in [0.15, 0.2) is 51.7 Å². The van der Waals surface area contributed by atoms with Crippen LogP contribution < -0.4 is 10.4 Å². The molecule has 0 radical (unpaired) electrons. The summed E-state index contributed by atoms with van der Waals surface area (Å²) < 4.78 is 38.1. The maximum Gasteiger partial charge on any atom is 0.336 e. The normalized spacial score (nSPS) is 10.9. The van der Waals surface area contributed by atoms with E-state index in [0.717, 1.165) is 0 Å². The van der Waals surface area contributed by atoms with Crippen molar-refractivity contribution in [1.82, 2.24) is 0 Å². The molecular formula is C17H12F2O3. The van der Waals surface area contributed by atoms with Crippen molar-refractivity contribution in [3.8, 4) is 11.5 Å². The highest BCUT2D eigenvalue weighted by Crippen LogP contribution is 2.30. The lowest BCUT2D eigenvalue weighted by molar-refractivity contribution is 0.406. The molecule has 0 atom stereocenters. The molecule has 2 aromatic carbocycles. The fourth-order valence-corrected chi connectivity index (χ4v) is 2.14. The van der Waals surface area contributed by atoms with Crippen LogP contribution in [-0.2, 0) is 6.42 Å². The number of fused-ring (bicyclic) bond motifs is 1. The first kappa shape index (κ1) is 14.3. The Morgan fingerprint density at radius 1 is 1.05 bits per heavy atom. The van der Waals surface area contributed by atoms with E-state index in [9.17, 15) is 13.6 Å². The molecule has 0 aliphatic rings. The third-order valence-electron chi connectivity index (χ3n) is 3.28. The van der Waals surface area contributed by atoms with Crippen LogP contribution in [0.2, 0.25) is 0 Å². The molecule has 0 saturated carbocycles. The fraction of sp³-hybridized carbons (Fsp3) is 0.118.